The van der Waals surface area contributed by atoms with Gasteiger partial charge in [-0.3, -0.25) is 0 Å². The standard InChI is InChI=1S/C16H23N5O2/c1-3-12(4-2)15(22)11-17-16(23)19-13-5-7-14(8-6-13)21-10-9-18-20-21/h5-10,12,15,22H,3-4,11H2,1-2H3,(H2,17,19,23). The zero-order chi connectivity index (χ0) is 16.7. The smallest absolute Gasteiger partial charge is 0.319 e. The van der Waals surface area contributed by atoms with Gasteiger partial charge in [0.05, 0.1) is 24.2 Å². The van der Waals surface area contributed by atoms with Crippen molar-refractivity contribution in [3.8, 4) is 5.69 Å². The third-order valence-corrected chi connectivity index (χ3v) is 3.88. The van der Waals surface area contributed by atoms with Gasteiger partial charge >= 0.3 is 6.03 Å². The van der Waals surface area contributed by atoms with Crippen molar-refractivity contribution in [2.24, 2.45) is 5.92 Å². The third kappa shape index (κ3) is 4.79. The van der Waals surface area contributed by atoms with E-state index in [1.165, 1.54) is 0 Å². The molecule has 1 heterocycles. The maximum Gasteiger partial charge on any atom is 0.319 e. The molecule has 0 aliphatic rings. The van der Waals surface area contributed by atoms with Crippen LogP contribution in [0.3, 0.4) is 0 Å². The molecule has 3 N–H and O–H groups in total. The maximum atomic E-state index is 11.9. The van der Waals surface area contributed by atoms with Gasteiger partial charge in [0.2, 0.25) is 0 Å². The average Bonchev–Trinajstić information content (AvgIpc) is 3.09. The second-order valence-corrected chi connectivity index (χ2v) is 5.37. The van der Waals surface area contributed by atoms with Crippen LogP contribution in [0.4, 0.5) is 10.5 Å². The number of nitrogens with one attached hydrogen (secondary N) is 2. The van der Waals surface area contributed by atoms with Gasteiger partial charge in [0.25, 0.3) is 0 Å². The zero-order valence-corrected chi connectivity index (χ0v) is 13.4. The van der Waals surface area contributed by atoms with Crippen molar-refractivity contribution < 1.29 is 9.90 Å². The Balaban J connectivity index is 1.83. The quantitative estimate of drug-likeness (QED) is 0.730. The number of rotatable bonds is 7. The van der Waals surface area contributed by atoms with Crippen LogP contribution in [0.15, 0.2) is 36.7 Å². The molecule has 0 saturated heterocycles. The second-order valence-electron chi connectivity index (χ2n) is 5.37. The first kappa shape index (κ1) is 17.0. The molecule has 0 spiro atoms. The molecule has 0 bridgehead atoms. The molecule has 0 aliphatic carbocycles. The highest BCUT2D eigenvalue weighted by Gasteiger charge is 2.16. The van der Waals surface area contributed by atoms with Crippen molar-refractivity contribution in [1.29, 1.82) is 0 Å². The number of amides is 2. The first-order chi connectivity index (χ1) is 11.1. The molecule has 0 fully saturated rings. The van der Waals surface area contributed by atoms with Crippen LogP contribution >= 0.6 is 0 Å². The summed E-state index contributed by atoms with van der Waals surface area (Å²) < 4.78 is 1.63. The number of aliphatic hydroxyl groups is 1. The minimum absolute atomic E-state index is 0.206. The number of hydrogen-bond acceptors (Lipinski definition) is 4. The molecule has 1 atom stereocenters. The van der Waals surface area contributed by atoms with Crippen LogP contribution in [-0.2, 0) is 0 Å². The lowest BCUT2D eigenvalue weighted by Gasteiger charge is -2.20. The van der Waals surface area contributed by atoms with Gasteiger partial charge in [0, 0.05) is 12.2 Å². The van der Waals surface area contributed by atoms with Crippen molar-refractivity contribution in [2.75, 3.05) is 11.9 Å². The van der Waals surface area contributed by atoms with E-state index in [9.17, 15) is 9.90 Å². The van der Waals surface area contributed by atoms with E-state index in [1.54, 1.807) is 29.2 Å². The van der Waals surface area contributed by atoms with Gasteiger partial charge < -0.3 is 15.7 Å². The third-order valence-electron chi connectivity index (χ3n) is 3.88. The SMILES string of the molecule is CCC(CC)C(O)CNC(=O)Nc1ccc(-n2ccnn2)cc1. The molecular formula is C16H23N5O2. The highest BCUT2D eigenvalue weighted by molar-refractivity contribution is 5.89. The summed E-state index contributed by atoms with van der Waals surface area (Å²) in [5.74, 6) is 0.206. The summed E-state index contributed by atoms with van der Waals surface area (Å²) in [5, 5.41) is 23.1. The van der Waals surface area contributed by atoms with E-state index in [-0.39, 0.29) is 18.5 Å². The highest BCUT2D eigenvalue weighted by Crippen LogP contribution is 2.13. The molecule has 2 rings (SSSR count). The Kier molecular flexibility index (Phi) is 6.10. The van der Waals surface area contributed by atoms with E-state index in [4.69, 9.17) is 0 Å². The Morgan fingerprint density at radius 1 is 1.26 bits per heavy atom. The highest BCUT2D eigenvalue weighted by atomic mass is 16.3. The fourth-order valence-electron chi connectivity index (χ4n) is 2.42. The van der Waals surface area contributed by atoms with Crippen LogP contribution in [0, 0.1) is 5.92 Å². The van der Waals surface area contributed by atoms with Crippen molar-refractivity contribution in [2.45, 2.75) is 32.8 Å². The van der Waals surface area contributed by atoms with E-state index in [2.05, 4.69) is 20.9 Å². The summed E-state index contributed by atoms with van der Waals surface area (Å²) in [6.45, 7) is 4.32. The topological polar surface area (TPSA) is 92.1 Å². The van der Waals surface area contributed by atoms with Crippen LogP contribution in [0.5, 0.6) is 0 Å². The molecule has 0 saturated carbocycles. The maximum absolute atomic E-state index is 11.9. The van der Waals surface area contributed by atoms with E-state index in [0.29, 0.717) is 5.69 Å². The van der Waals surface area contributed by atoms with Gasteiger partial charge in [-0.15, -0.1) is 5.10 Å². The minimum Gasteiger partial charge on any atom is -0.391 e. The van der Waals surface area contributed by atoms with Crippen LogP contribution in [-0.4, -0.2) is 38.8 Å². The number of urea groups is 1. The summed E-state index contributed by atoms with van der Waals surface area (Å²) in [5.41, 5.74) is 1.53. The fourth-order valence-corrected chi connectivity index (χ4v) is 2.42. The first-order valence-corrected chi connectivity index (χ1v) is 7.83. The normalized spacial score (nSPS) is 12.2. The van der Waals surface area contributed by atoms with Crippen LogP contribution < -0.4 is 10.6 Å². The van der Waals surface area contributed by atoms with Crippen molar-refractivity contribution in [1.82, 2.24) is 20.3 Å². The van der Waals surface area contributed by atoms with Gasteiger partial charge in [-0.25, -0.2) is 9.48 Å². The molecule has 1 unspecified atom stereocenters. The molecule has 2 aromatic rings. The van der Waals surface area contributed by atoms with E-state index >= 15 is 0 Å². The zero-order valence-electron chi connectivity index (χ0n) is 13.4. The van der Waals surface area contributed by atoms with Crippen molar-refractivity contribution in [3.63, 3.8) is 0 Å². The van der Waals surface area contributed by atoms with Gasteiger partial charge in [0.1, 0.15) is 0 Å². The van der Waals surface area contributed by atoms with Crippen LogP contribution in [0.1, 0.15) is 26.7 Å². The molecule has 7 nitrogen and oxygen atoms in total. The lowest BCUT2D eigenvalue weighted by atomic mass is 9.97. The van der Waals surface area contributed by atoms with E-state index in [0.717, 1.165) is 18.5 Å². The lowest BCUT2D eigenvalue weighted by Crippen LogP contribution is -2.38. The number of carbonyl (C=O) groups is 1. The van der Waals surface area contributed by atoms with E-state index < -0.39 is 6.10 Å². The second kappa shape index (κ2) is 8.28. The molecular weight excluding hydrogens is 294 g/mol. The first-order valence-electron chi connectivity index (χ1n) is 7.83. The predicted octanol–water partition coefficient (Wildman–Crippen LogP) is 2.19. The molecule has 23 heavy (non-hydrogen) atoms. The molecule has 7 heteroatoms. The predicted molar refractivity (Wildman–Crippen MR) is 88.5 cm³/mol. The van der Waals surface area contributed by atoms with Gasteiger partial charge in [-0.1, -0.05) is 31.9 Å². The Morgan fingerprint density at radius 2 is 1.96 bits per heavy atom. The summed E-state index contributed by atoms with van der Waals surface area (Å²) in [6.07, 6.45) is 4.61. The van der Waals surface area contributed by atoms with Gasteiger partial charge in [-0.05, 0) is 30.2 Å². The number of aliphatic hydroxyl groups excluding tert-OH is 1. The van der Waals surface area contributed by atoms with Crippen molar-refractivity contribution in [3.05, 3.63) is 36.7 Å². The summed E-state index contributed by atoms with van der Waals surface area (Å²) in [7, 11) is 0. The number of nitrogens with zero attached hydrogens (tertiary/aromatic N) is 3. The number of carbonyl (C=O) groups excluding carboxylic acids is 1. The molecule has 0 radical (unpaired) electrons. The number of anilines is 1. The number of aromatic nitrogens is 3. The van der Waals surface area contributed by atoms with Crippen LogP contribution in [0.25, 0.3) is 5.69 Å². The summed E-state index contributed by atoms with van der Waals surface area (Å²) >= 11 is 0. The monoisotopic (exact) mass is 317 g/mol. The lowest BCUT2D eigenvalue weighted by molar-refractivity contribution is 0.104. The number of benzene rings is 1. The Morgan fingerprint density at radius 3 is 2.52 bits per heavy atom. The summed E-state index contributed by atoms with van der Waals surface area (Å²) in [4.78, 5) is 11.9. The summed E-state index contributed by atoms with van der Waals surface area (Å²) in [6, 6.07) is 6.91. The molecule has 1 aromatic heterocycles. The largest absolute Gasteiger partial charge is 0.391 e. The van der Waals surface area contributed by atoms with Crippen LogP contribution in [0.2, 0.25) is 0 Å². The van der Waals surface area contributed by atoms with Gasteiger partial charge in [-0.2, -0.15) is 0 Å². The molecule has 124 valence electrons. The minimum atomic E-state index is -0.523. The van der Waals surface area contributed by atoms with E-state index in [1.807, 2.05) is 26.0 Å². The molecule has 1 aromatic carbocycles. The Bertz CT molecular complexity index is 593. The molecule has 0 aliphatic heterocycles. The molecule has 2 amide bonds. The number of hydrogen-bond donors (Lipinski definition) is 3. The Labute approximate surface area is 135 Å². The Hall–Kier alpha value is -2.41. The van der Waals surface area contributed by atoms with Gasteiger partial charge in [0.15, 0.2) is 0 Å². The fraction of sp³-hybridized carbons (Fsp3) is 0.438. The van der Waals surface area contributed by atoms with Crippen molar-refractivity contribution >= 4 is 11.7 Å². The average molecular weight is 317 g/mol.